The number of ether oxygens (including phenoxy) is 1. The lowest BCUT2D eigenvalue weighted by molar-refractivity contribution is -0.123. The Labute approximate surface area is 202 Å². The van der Waals surface area contributed by atoms with E-state index in [2.05, 4.69) is 68.3 Å². The smallest absolute Gasteiger partial charge is 0.257 e. The summed E-state index contributed by atoms with van der Waals surface area (Å²) in [6.45, 7) is 1.51. The van der Waals surface area contributed by atoms with Crippen molar-refractivity contribution in [1.29, 1.82) is 0 Å². The lowest BCUT2D eigenvalue weighted by Crippen LogP contribution is -2.29. The number of aryl methyl sites for hydroxylation is 1. The van der Waals surface area contributed by atoms with Crippen LogP contribution in [0.2, 0.25) is 0 Å². The lowest BCUT2D eigenvalue weighted by Gasteiger charge is -2.10. The molecule has 0 aliphatic heterocycles. The van der Waals surface area contributed by atoms with Crippen LogP contribution in [0.15, 0.2) is 83.3 Å². The van der Waals surface area contributed by atoms with Crippen molar-refractivity contribution in [1.82, 2.24) is 14.9 Å². The molecule has 0 atom stereocenters. The van der Waals surface area contributed by atoms with Gasteiger partial charge in [-0.2, -0.15) is 0 Å². The minimum Gasteiger partial charge on any atom is -0.484 e. The third-order valence-corrected chi connectivity index (χ3v) is 6.03. The van der Waals surface area contributed by atoms with Crippen LogP contribution in [0.3, 0.4) is 0 Å². The second-order valence-electron chi connectivity index (χ2n) is 7.99. The number of carbonyl (C=O) groups is 1. The molecule has 0 radical (unpaired) electrons. The van der Waals surface area contributed by atoms with Gasteiger partial charge in [-0.3, -0.25) is 4.79 Å². The van der Waals surface area contributed by atoms with Crippen molar-refractivity contribution in [2.24, 2.45) is 0 Å². The minimum atomic E-state index is -0.0878. The van der Waals surface area contributed by atoms with Gasteiger partial charge in [0.15, 0.2) is 6.61 Å². The number of carbonyl (C=O) groups excluding carboxylic acids is 1. The van der Waals surface area contributed by atoms with Gasteiger partial charge in [-0.1, -0.05) is 64.8 Å². The van der Waals surface area contributed by atoms with Crippen LogP contribution in [0, 0.1) is 0 Å². The largest absolute Gasteiger partial charge is 0.484 e. The highest BCUT2D eigenvalue weighted by Crippen LogP contribution is 2.20. The molecule has 0 saturated heterocycles. The number of nitrogens with one attached hydrogen (secondary N) is 1. The number of hydrogen-bond donors (Lipinski definition) is 1. The highest BCUT2D eigenvalue weighted by Gasteiger charge is 2.11. The Morgan fingerprint density at radius 3 is 2.48 bits per heavy atom. The number of rotatable bonds is 11. The van der Waals surface area contributed by atoms with E-state index >= 15 is 0 Å². The van der Waals surface area contributed by atoms with Crippen LogP contribution in [0.4, 0.5) is 0 Å². The summed E-state index contributed by atoms with van der Waals surface area (Å²) in [4.78, 5) is 16.8. The van der Waals surface area contributed by atoms with E-state index < -0.39 is 0 Å². The molecule has 0 aliphatic carbocycles. The maximum absolute atomic E-state index is 12.0. The van der Waals surface area contributed by atoms with Crippen molar-refractivity contribution in [3.05, 3.63) is 94.7 Å². The van der Waals surface area contributed by atoms with E-state index in [1.807, 2.05) is 36.4 Å². The van der Waals surface area contributed by atoms with Crippen molar-refractivity contribution in [2.75, 3.05) is 13.2 Å². The molecule has 0 bridgehead atoms. The van der Waals surface area contributed by atoms with Gasteiger partial charge >= 0.3 is 0 Å². The molecule has 1 N–H and O–H groups in total. The van der Waals surface area contributed by atoms with Crippen molar-refractivity contribution in [2.45, 2.75) is 32.2 Å². The highest BCUT2D eigenvalue weighted by atomic mass is 79.9. The number of amides is 1. The molecule has 33 heavy (non-hydrogen) atoms. The zero-order valence-electron chi connectivity index (χ0n) is 18.5. The Kier molecular flexibility index (Phi) is 8.14. The Morgan fingerprint density at radius 2 is 1.67 bits per heavy atom. The number of unbranched alkanes of at least 4 members (excludes halogenated alkanes) is 2. The van der Waals surface area contributed by atoms with Gasteiger partial charge in [-0.25, -0.2) is 4.98 Å². The molecule has 0 spiro atoms. The van der Waals surface area contributed by atoms with E-state index in [-0.39, 0.29) is 12.5 Å². The van der Waals surface area contributed by atoms with Crippen LogP contribution in [0.5, 0.6) is 5.75 Å². The van der Waals surface area contributed by atoms with Crippen LogP contribution in [-0.4, -0.2) is 28.6 Å². The lowest BCUT2D eigenvalue weighted by atomic mass is 10.1. The van der Waals surface area contributed by atoms with E-state index in [0.717, 1.165) is 48.0 Å². The van der Waals surface area contributed by atoms with Gasteiger partial charge < -0.3 is 14.6 Å². The molecule has 0 fully saturated rings. The fraction of sp³-hybridized carbons (Fsp3) is 0.259. The van der Waals surface area contributed by atoms with E-state index in [4.69, 9.17) is 9.72 Å². The number of fused-ring (bicyclic) bond motifs is 1. The van der Waals surface area contributed by atoms with E-state index in [0.29, 0.717) is 12.3 Å². The third-order valence-electron chi connectivity index (χ3n) is 5.50. The first kappa shape index (κ1) is 23.1. The topological polar surface area (TPSA) is 56.1 Å². The number of halogens is 1. The number of benzene rings is 3. The summed E-state index contributed by atoms with van der Waals surface area (Å²) in [5.41, 5.74) is 3.46. The van der Waals surface area contributed by atoms with Crippen molar-refractivity contribution in [3.8, 4) is 5.75 Å². The van der Waals surface area contributed by atoms with Gasteiger partial charge in [0.25, 0.3) is 5.91 Å². The Hall–Kier alpha value is -3.12. The molecular formula is C27H28BrN3O2. The molecule has 4 aromatic rings. The number of nitrogens with zero attached hydrogens (tertiary/aromatic N) is 2. The molecule has 1 heterocycles. The molecule has 5 nitrogen and oxygen atoms in total. The summed E-state index contributed by atoms with van der Waals surface area (Å²) in [7, 11) is 0. The molecule has 0 aliphatic rings. The molecular weight excluding hydrogens is 478 g/mol. The maximum atomic E-state index is 12.0. The van der Waals surface area contributed by atoms with E-state index in [1.54, 1.807) is 0 Å². The van der Waals surface area contributed by atoms with Crippen molar-refractivity contribution >= 4 is 32.9 Å². The molecule has 3 aromatic carbocycles. The predicted molar refractivity (Wildman–Crippen MR) is 135 cm³/mol. The Bertz CT molecular complexity index is 1170. The minimum absolute atomic E-state index is 0.0457. The predicted octanol–water partition coefficient (Wildman–Crippen LogP) is 5.76. The van der Waals surface area contributed by atoms with Crippen molar-refractivity contribution < 1.29 is 9.53 Å². The molecule has 4 rings (SSSR count). The second kappa shape index (κ2) is 11.7. The summed E-state index contributed by atoms with van der Waals surface area (Å²) < 4.78 is 8.88. The standard InChI is InChI=1S/C27H28BrN3O2/c28-22-16-14-21(15-17-22)19-31-25-12-7-6-11-24(25)30-26(31)13-5-2-8-18-29-27(32)20-33-23-9-3-1-4-10-23/h1,3-4,6-7,9-12,14-17H,2,5,8,13,18-20H2,(H,29,32). The zero-order valence-corrected chi connectivity index (χ0v) is 20.1. The maximum Gasteiger partial charge on any atom is 0.257 e. The van der Waals surface area contributed by atoms with Gasteiger partial charge in [-0.15, -0.1) is 0 Å². The summed E-state index contributed by atoms with van der Waals surface area (Å²) in [6, 6.07) is 26.1. The van der Waals surface area contributed by atoms with E-state index in [1.165, 1.54) is 11.1 Å². The molecule has 0 saturated carbocycles. The highest BCUT2D eigenvalue weighted by molar-refractivity contribution is 9.10. The fourth-order valence-electron chi connectivity index (χ4n) is 3.79. The number of para-hydroxylation sites is 3. The van der Waals surface area contributed by atoms with Crippen LogP contribution in [0.25, 0.3) is 11.0 Å². The number of imidazole rings is 1. The van der Waals surface area contributed by atoms with Gasteiger partial charge in [0, 0.05) is 24.0 Å². The average Bonchev–Trinajstić information content (AvgIpc) is 3.19. The zero-order chi connectivity index (χ0) is 22.9. The number of hydrogen-bond acceptors (Lipinski definition) is 3. The SMILES string of the molecule is O=C(COc1ccccc1)NCCCCCc1nc2ccccc2n1Cc1ccc(Br)cc1. The summed E-state index contributed by atoms with van der Waals surface area (Å²) in [6.07, 6.45) is 3.90. The molecule has 0 unspecified atom stereocenters. The summed E-state index contributed by atoms with van der Waals surface area (Å²) >= 11 is 3.51. The first-order chi connectivity index (χ1) is 16.2. The molecule has 1 aromatic heterocycles. The monoisotopic (exact) mass is 505 g/mol. The molecule has 170 valence electrons. The first-order valence-corrected chi connectivity index (χ1v) is 12.1. The van der Waals surface area contributed by atoms with Gasteiger partial charge in [-0.05, 0) is 54.8 Å². The second-order valence-corrected chi connectivity index (χ2v) is 8.91. The van der Waals surface area contributed by atoms with Crippen LogP contribution in [0.1, 0.15) is 30.7 Å². The Balaban J connectivity index is 1.24. The van der Waals surface area contributed by atoms with Crippen LogP contribution in [-0.2, 0) is 17.8 Å². The van der Waals surface area contributed by atoms with Gasteiger partial charge in [0.05, 0.1) is 11.0 Å². The van der Waals surface area contributed by atoms with Crippen LogP contribution >= 0.6 is 15.9 Å². The molecule has 6 heteroatoms. The van der Waals surface area contributed by atoms with Crippen LogP contribution < -0.4 is 10.1 Å². The Morgan fingerprint density at radius 1 is 0.909 bits per heavy atom. The molecule has 1 amide bonds. The number of aromatic nitrogens is 2. The normalized spacial score (nSPS) is 10.9. The quantitative estimate of drug-likeness (QED) is 0.264. The van der Waals surface area contributed by atoms with Gasteiger partial charge in [0.2, 0.25) is 0 Å². The van der Waals surface area contributed by atoms with Crippen molar-refractivity contribution in [3.63, 3.8) is 0 Å². The summed E-state index contributed by atoms with van der Waals surface area (Å²) in [5, 5.41) is 2.93. The van der Waals surface area contributed by atoms with E-state index in [9.17, 15) is 4.79 Å². The summed E-state index contributed by atoms with van der Waals surface area (Å²) in [5.74, 6) is 1.73. The first-order valence-electron chi connectivity index (χ1n) is 11.3. The average molecular weight is 506 g/mol. The third kappa shape index (κ3) is 6.68. The fourth-order valence-corrected chi connectivity index (χ4v) is 4.06. The van der Waals surface area contributed by atoms with Gasteiger partial charge in [0.1, 0.15) is 11.6 Å².